The Kier molecular flexibility index (Phi) is 6.50. The number of carboxylic acids is 1. The van der Waals surface area contributed by atoms with Gasteiger partial charge < -0.3 is 20.5 Å². The number of amides is 2. The van der Waals surface area contributed by atoms with Gasteiger partial charge in [0.2, 0.25) is 5.91 Å². The van der Waals surface area contributed by atoms with Crippen molar-refractivity contribution in [3.8, 4) is 11.1 Å². The van der Waals surface area contributed by atoms with E-state index in [4.69, 9.17) is 4.74 Å². The number of fused-ring (bicyclic) bond motifs is 3. The fraction of sp³-hybridized carbons (Fsp3) is 0.464. The highest BCUT2D eigenvalue weighted by molar-refractivity contribution is 5.86. The summed E-state index contributed by atoms with van der Waals surface area (Å²) in [6.45, 7) is 0.272. The maximum Gasteiger partial charge on any atom is 0.407 e. The SMILES string of the molecule is O=C(NC(CC1CC1)C(=O)NCC1(C(=O)O)CCCC1)OCC1c2ccccc2-c2ccccc21. The van der Waals surface area contributed by atoms with Crippen molar-refractivity contribution in [1.82, 2.24) is 10.6 Å². The lowest BCUT2D eigenvalue weighted by molar-refractivity contribution is -0.148. The highest BCUT2D eigenvalue weighted by atomic mass is 16.5. The number of aliphatic carboxylic acids is 1. The monoisotopic (exact) mass is 476 g/mol. The minimum absolute atomic E-state index is 0.0540. The molecule has 2 fully saturated rings. The summed E-state index contributed by atoms with van der Waals surface area (Å²) in [5, 5.41) is 15.3. The van der Waals surface area contributed by atoms with Crippen molar-refractivity contribution < 1.29 is 24.2 Å². The van der Waals surface area contributed by atoms with E-state index < -0.39 is 23.5 Å². The Balaban J connectivity index is 1.21. The van der Waals surface area contributed by atoms with Crippen molar-refractivity contribution in [2.45, 2.75) is 56.9 Å². The zero-order chi connectivity index (χ0) is 24.4. The molecule has 2 aromatic carbocycles. The molecule has 0 aromatic heterocycles. The Morgan fingerprint density at radius 2 is 1.57 bits per heavy atom. The number of hydrogen-bond donors (Lipinski definition) is 3. The first kappa shape index (κ1) is 23.4. The Labute approximate surface area is 205 Å². The molecule has 0 saturated heterocycles. The summed E-state index contributed by atoms with van der Waals surface area (Å²) >= 11 is 0. The average Bonchev–Trinajstić information content (AvgIpc) is 3.44. The highest BCUT2D eigenvalue weighted by Gasteiger charge is 2.42. The fourth-order valence-electron chi connectivity index (χ4n) is 5.60. The maximum absolute atomic E-state index is 13.0. The predicted molar refractivity (Wildman–Crippen MR) is 131 cm³/mol. The summed E-state index contributed by atoms with van der Waals surface area (Å²) in [7, 11) is 0. The van der Waals surface area contributed by atoms with E-state index in [0.29, 0.717) is 25.2 Å². The Morgan fingerprint density at radius 3 is 2.14 bits per heavy atom. The van der Waals surface area contributed by atoms with Crippen LogP contribution in [0, 0.1) is 11.3 Å². The zero-order valence-electron chi connectivity index (χ0n) is 19.8. The summed E-state index contributed by atoms with van der Waals surface area (Å²) < 4.78 is 5.63. The average molecular weight is 477 g/mol. The van der Waals surface area contributed by atoms with E-state index in [2.05, 4.69) is 34.9 Å². The molecule has 1 unspecified atom stereocenters. The van der Waals surface area contributed by atoms with Gasteiger partial charge >= 0.3 is 12.1 Å². The van der Waals surface area contributed by atoms with Crippen LogP contribution < -0.4 is 10.6 Å². The number of ether oxygens (including phenoxy) is 1. The molecule has 0 spiro atoms. The topological polar surface area (TPSA) is 105 Å². The Hall–Kier alpha value is -3.35. The van der Waals surface area contributed by atoms with Crippen LogP contribution in [0.15, 0.2) is 48.5 Å². The molecular weight excluding hydrogens is 444 g/mol. The standard InChI is InChI=1S/C28H32N2O5/c31-25(29-17-28(26(32)33)13-5-6-14-28)24(15-18-11-12-18)30-27(34)35-16-23-21-9-3-1-7-19(21)20-8-2-4-10-22(20)23/h1-4,7-10,18,23-24H,5-6,11-17H2,(H,29,31)(H,30,34)(H,32,33). The third-order valence-electron chi connectivity index (χ3n) is 7.83. The number of nitrogens with one attached hydrogen (secondary N) is 2. The molecule has 0 bridgehead atoms. The number of rotatable bonds is 9. The summed E-state index contributed by atoms with van der Waals surface area (Å²) in [5.74, 6) is -0.849. The van der Waals surface area contributed by atoms with E-state index in [1.807, 2.05) is 24.3 Å². The van der Waals surface area contributed by atoms with Crippen LogP contribution in [-0.4, -0.2) is 42.3 Å². The number of carbonyl (C=O) groups excluding carboxylic acids is 2. The molecule has 0 aliphatic heterocycles. The highest BCUT2D eigenvalue weighted by Crippen LogP contribution is 2.44. The van der Waals surface area contributed by atoms with Crippen LogP contribution >= 0.6 is 0 Å². The normalized spacial score (nSPS) is 18.9. The van der Waals surface area contributed by atoms with Crippen molar-refractivity contribution in [2.75, 3.05) is 13.2 Å². The van der Waals surface area contributed by atoms with Gasteiger partial charge in [0, 0.05) is 12.5 Å². The first-order chi connectivity index (χ1) is 17.0. The van der Waals surface area contributed by atoms with Crippen LogP contribution in [0.5, 0.6) is 0 Å². The van der Waals surface area contributed by atoms with Crippen LogP contribution in [0.25, 0.3) is 11.1 Å². The van der Waals surface area contributed by atoms with Gasteiger partial charge in [-0.3, -0.25) is 9.59 Å². The number of benzene rings is 2. The predicted octanol–water partition coefficient (Wildman–Crippen LogP) is 4.46. The lowest BCUT2D eigenvalue weighted by Gasteiger charge is -2.26. The van der Waals surface area contributed by atoms with Crippen LogP contribution in [0.1, 0.15) is 62.0 Å². The smallest absolute Gasteiger partial charge is 0.407 e. The fourth-order valence-corrected chi connectivity index (χ4v) is 5.60. The molecule has 2 saturated carbocycles. The van der Waals surface area contributed by atoms with Gasteiger partial charge in [-0.2, -0.15) is 0 Å². The van der Waals surface area contributed by atoms with Crippen LogP contribution in [0.2, 0.25) is 0 Å². The summed E-state index contributed by atoms with van der Waals surface area (Å²) in [6, 6.07) is 15.5. The van der Waals surface area contributed by atoms with E-state index in [-0.39, 0.29) is 25.0 Å². The lowest BCUT2D eigenvalue weighted by atomic mass is 9.86. The van der Waals surface area contributed by atoms with Gasteiger partial charge in [-0.25, -0.2) is 4.79 Å². The number of carboxylic acid groups (broad SMARTS) is 1. The van der Waals surface area contributed by atoms with Crippen molar-refractivity contribution in [3.63, 3.8) is 0 Å². The first-order valence-electron chi connectivity index (χ1n) is 12.6. The van der Waals surface area contributed by atoms with E-state index in [9.17, 15) is 19.5 Å². The van der Waals surface area contributed by atoms with Gasteiger partial charge in [-0.1, -0.05) is 74.2 Å². The van der Waals surface area contributed by atoms with E-state index in [1.54, 1.807) is 0 Å². The third kappa shape index (κ3) is 4.90. The van der Waals surface area contributed by atoms with Gasteiger partial charge in [-0.15, -0.1) is 0 Å². The molecular formula is C28H32N2O5. The van der Waals surface area contributed by atoms with Crippen molar-refractivity contribution in [3.05, 3.63) is 59.7 Å². The summed E-state index contributed by atoms with van der Waals surface area (Å²) in [6.07, 6.45) is 4.82. The second kappa shape index (κ2) is 9.72. The van der Waals surface area contributed by atoms with Gasteiger partial charge in [0.05, 0.1) is 5.41 Å². The molecule has 184 valence electrons. The van der Waals surface area contributed by atoms with E-state index in [1.165, 1.54) is 0 Å². The zero-order valence-corrected chi connectivity index (χ0v) is 19.8. The number of carbonyl (C=O) groups is 3. The first-order valence-corrected chi connectivity index (χ1v) is 12.6. The van der Waals surface area contributed by atoms with E-state index >= 15 is 0 Å². The van der Waals surface area contributed by atoms with Gasteiger partial charge in [-0.05, 0) is 47.4 Å². The molecule has 7 heteroatoms. The van der Waals surface area contributed by atoms with Gasteiger partial charge in [0.1, 0.15) is 12.6 Å². The molecule has 0 radical (unpaired) electrons. The molecule has 5 rings (SSSR count). The van der Waals surface area contributed by atoms with E-state index in [0.717, 1.165) is 47.9 Å². The van der Waals surface area contributed by atoms with Crippen molar-refractivity contribution in [1.29, 1.82) is 0 Å². The lowest BCUT2D eigenvalue weighted by Crippen LogP contribution is -2.50. The number of hydrogen-bond acceptors (Lipinski definition) is 4. The molecule has 0 heterocycles. The molecule has 35 heavy (non-hydrogen) atoms. The number of alkyl carbamates (subject to hydrolysis) is 1. The minimum Gasteiger partial charge on any atom is -0.481 e. The summed E-state index contributed by atoms with van der Waals surface area (Å²) in [5.41, 5.74) is 3.67. The minimum atomic E-state index is -0.899. The molecule has 1 atom stereocenters. The second-order valence-corrected chi connectivity index (χ2v) is 10.2. The maximum atomic E-state index is 13.0. The van der Waals surface area contributed by atoms with Crippen molar-refractivity contribution in [2.24, 2.45) is 11.3 Å². The molecule has 2 amide bonds. The van der Waals surface area contributed by atoms with Crippen LogP contribution in [-0.2, 0) is 14.3 Å². The van der Waals surface area contributed by atoms with Gasteiger partial charge in [0.15, 0.2) is 0 Å². The molecule has 3 aliphatic carbocycles. The van der Waals surface area contributed by atoms with Crippen LogP contribution in [0.4, 0.5) is 4.79 Å². The quantitative estimate of drug-likeness (QED) is 0.496. The Bertz CT molecular complexity index is 1070. The van der Waals surface area contributed by atoms with Crippen molar-refractivity contribution >= 4 is 18.0 Å². The van der Waals surface area contributed by atoms with Gasteiger partial charge in [0.25, 0.3) is 0 Å². The molecule has 3 N–H and O–H groups in total. The Morgan fingerprint density at radius 1 is 0.971 bits per heavy atom. The molecule has 7 nitrogen and oxygen atoms in total. The van der Waals surface area contributed by atoms with Crippen LogP contribution in [0.3, 0.4) is 0 Å². The molecule has 3 aliphatic rings. The largest absolute Gasteiger partial charge is 0.481 e. The second-order valence-electron chi connectivity index (χ2n) is 10.2. The summed E-state index contributed by atoms with van der Waals surface area (Å²) in [4.78, 5) is 37.6. The molecule has 2 aromatic rings. The third-order valence-corrected chi connectivity index (χ3v) is 7.83.